The van der Waals surface area contributed by atoms with Crippen molar-refractivity contribution in [1.29, 1.82) is 5.26 Å². The van der Waals surface area contributed by atoms with Crippen molar-refractivity contribution in [3.8, 4) is 6.07 Å². The van der Waals surface area contributed by atoms with Crippen LogP contribution in [-0.4, -0.2) is 15.2 Å². The topological polar surface area (TPSA) is 49.6 Å². The zero-order valence-corrected chi connectivity index (χ0v) is 10.2. The van der Waals surface area contributed by atoms with Gasteiger partial charge in [-0.25, -0.2) is 9.97 Å². The molecule has 1 heterocycles. The van der Waals surface area contributed by atoms with Gasteiger partial charge in [-0.15, -0.1) is 11.8 Å². The first-order valence-corrected chi connectivity index (χ1v) is 6.50. The van der Waals surface area contributed by atoms with Gasteiger partial charge in [0.25, 0.3) is 0 Å². The Kier molecular flexibility index (Phi) is 3.79. The second kappa shape index (κ2) is 5.31. The van der Waals surface area contributed by atoms with Crippen molar-refractivity contribution in [3.05, 3.63) is 18.6 Å². The largest absolute Gasteiger partial charge is 0.245 e. The van der Waals surface area contributed by atoms with Crippen LogP contribution < -0.4 is 0 Å². The summed E-state index contributed by atoms with van der Waals surface area (Å²) < 4.78 is 0. The van der Waals surface area contributed by atoms with Crippen LogP contribution >= 0.6 is 11.8 Å². The van der Waals surface area contributed by atoms with Crippen LogP contribution in [0.4, 0.5) is 0 Å². The van der Waals surface area contributed by atoms with Crippen LogP contribution in [-0.2, 0) is 0 Å². The van der Waals surface area contributed by atoms with Crippen LogP contribution in [0.3, 0.4) is 0 Å². The average molecular weight is 233 g/mol. The van der Waals surface area contributed by atoms with Crippen LogP contribution in [0.15, 0.2) is 23.6 Å². The Bertz CT molecular complexity index is 374. The molecule has 0 aliphatic heterocycles. The molecule has 84 valence electrons. The highest BCUT2D eigenvalue weighted by Crippen LogP contribution is 2.38. The van der Waals surface area contributed by atoms with Gasteiger partial charge in [-0.1, -0.05) is 6.92 Å². The van der Waals surface area contributed by atoms with Gasteiger partial charge in [-0.05, 0) is 31.2 Å². The Balaban J connectivity index is 2.04. The molecule has 3 unspecified atom stereocenters. The fourth-order valence-electron chi connectivity index (χ4n) is 2.11. The molecule has 1 saturated carbocycles. The maximum absolute atomic E-state index is 9.13. The molecule has 0 radical (unpaired) electrons. The quantitative estimate of drug-likeness (QED) is 0.737. The number of nitriles is 1. The normalized spacial score (nSPS) is 29.6. The third kappa shape index (κ3) is 2.73. The van der Waals surface area contributed by atoms with Gasteiger partial charge >= 0.3 is 0 Å². The van der Waals surface area contributed by atoms with E-state index in [4.69, 9.17) is 5.26 Å². The lowest BCUT2D eigenvalue weighted by Gasteiger charge is -2.29. The van der Waals surface area contributed by atoms with E-state index in [-0.39, 0.29) is 5.92 Å². The lowest BCUT2D eigenvalue weighted by molar-refractivity contribution is 0.345. The van der Waals surface area contributed by atoms with E-state index in [1.165, 1.54) is 6.42 Å². The molecule has 16 heavy (non-hydrogen) atoms. The number of hydrogen-bond acceptors (Lipinski definition) is 4. The molecule has 4 heteroatoms. The van der Waals surface area contributed by atoms with E-state index in [1.807, 2.05) is 6.07 Å². The van der Waals surface area contributed by atoms with E-state index in [1.54, 1.807) is 24.3 Å². The molecule has 1 aliphatic carbocycles. The van der Waals surface area contributed by atoms with Crippen LogP contribution in [0.1, 0.15) is 26.2 Å². The Labute approximate surface area is 100 Å². The maximum Gasteiger partial charge on any atom is 0.116 e. The van der Waals surface area contributed by atoms with Crippen molar-refractivity contribution in [2.24, 2.45) is 11.8 Å². The summed E-state index contributed by atoms with van der Waals surface area (Å²) in [6.45, 7) is 2.27. The van der Waals surface area contributed by atoms with Crippen LogP contribution in [0, 0.1) is 23.2 Å². The van der Waals surface area contributed by atoms with Crippen LogP contribution in [0.5, 0.6) is 0 Å². The van der Waals surface area contributed by atoms with E-state index in [2.05, 4.69) is 23.0 Å². The maximum atomic E-state index is 9.13. The molecule has 0 bridgehead atoms. The first-order chi connectivity index (χ1) is 7.79. The molecule has 0 amide bonds. The van der Waals surface area contributed by atoms with Gasteiger partial charge in [0.1, 0.15) is 6.33 Å². The SMILES string of the molecule is CC1CCC(C#N)C(Sc2ccncn2)C1. The van der Waals surface area contributed by atoms with Gasteiger partial charge in [0.05, 0.1) is 17.0 Å². The van der Waals surface area contributed by atoms with Crippen LogP contribution in [0.2, 0.25) is 0 Å². The lowest BCUT2D eigenvalue weighted by Crippen LogP contribution is -2.25. The second-order valence-electron chi connectivity index (χ2n) is 4.36. The Hall–Kier alpha value is -1.08. The average Bonchev–Trinajstić information content (AvgIpc) is 2.31. The predicted octanol–water partition coefficient (Wildman–Crippen LogP) is 2.90. The molecule has 0 saturated heterocycles. The van der Waals surface area contributed by atoms with Gasteiger partial charge < -0.3 is 0 Å². The van der Waals surface area contributed by atoms with E-state index in [0.29, 0.717) is 5.25 Å². The Morgan fingerprint density at radius 2 is 2.38 bits per heavy atom. The van der Waals surface area contributed by atoms with E-state index < -0.39 is 0 Å². The Morgan fingerprint density at radius 1 is 1.50 bits per heavy atom. The molecule has 1 aliphatic rings. The first-order valence-electron chi connectivity index (χ1n) is 5.62. The van der Waals surface area contributed by atoms with Crippen molar-refractivity contribution >= 4 is 11.8 Å². The molecule has 0 N–H and O–H groups in total. The van der Waals surface area contributed by atoms with Crippen molar-refractivity contribution in [2.75, 3.05) is 0 Å². The highest BCUT2D eigenvalue weighted by Gasteiger charge is 2.29. The summed E-state index contributed by atoms with van der Waals surface area (Å²) in [7, 11) is 0. The summed E-state index contributed by atoms with van der Waals surface area (Å²) in [4.78, 5) is 8.11. The van der Waals surface area contributed by atoms with Crippen molar-refractivity contribution in [1.82, 2.24) is 9.97 Å². The number of nitrogens with zero attached hydrogens (tertiary/aromatic N) is 3. The first kappa shape index (κ1) is 11.4. The third-order valence-electron chi connectivity index (χ3n) is 3.05. The van der Waals surface area contributed by atoms with E-state index in [9.17, 15) is 0 Å². The van der Waals surface area contributed by atoms with Crippen molar-refractivity contribution in [2.45, 2.75) is 36.5 Å². The zero-order valence-electron chi connectivity index (χ0n) is 9.34. The summed E-state index contributed by atoms with van der Waals surface area (Å²) in [5.41, 5.74) is 0. The molecule has 2 rings (SSSR count). The fraction of sp³-hybridized carbons (Fsp3) is 0.583. The minimum absolute atomic E-state index is 0.177. The molecule has 3 nitrogen and oxygen atoms in total. The van der Waals surface area contributed by atoms with Gasteiger partial charge in [0.2, 0.25) is 0 Å². The molecular weight excluding hydrogens is 218 g/mol. The van der Waals surface area contributed by atoms with Crippen molar-refractivity contribution in [3.63, 3.8) is 0 Å². The standard InChI is InChI=1S/C12H15N3S/c1-9-2-3-10(7-13)11(6-9)16-12-4-5-14-8-15-12/h4-5,8-11H,2-3,6H2,1H3. The summed E-state index contributed by atoms with van der Waals surface area (Å²) in [5.74, 6) is 0.903. The highest BCUT2D eigenvalue weighted by molar-refractivity contribution is 7.99. The number of aromatic nitrogens is 2. The van der Waals surface area contributed by atoms with Gasteiger partial charge in [0, 0.05) is 11.4 Å². The molecule has 1 fully saturated rings. The minimum atomic E-state index is 0.177. The Morgan fingerprint density at radius 3 is 3.06 bits per heavy atom. The highest BCUT2D eigenvalue weighted by atomic mass is 32.2. The fourth-order valence-corrected chi connectivity index (χ4v) is 3.45. The summed E-state index contributed by atoms with van der Waals surface area (Å²) >= 11 is 1.73. The lowest BCUT2D eigenvalue weighted by atomic mass is 9.83. The molecule has 0 aromatic carbocycles. The number of rotatable bonds is 2. The number of thioether (sulfide) groups is 1. The molecular formula is C12H15N3S. The second-order valence-corrected chi connectivity index (χ2v) is 5.62. The zero-order chi connectivity index (χ0) is 11.4. The third-order valence-corrected chi connectivity index (χ3v) is 4.35. The molecule has 1 aromatic heterocycles. The van der Waals surface area contributed by atoms with E-state index in [0.717, 1.165) is 23.8 Å². The van der Waals surface area contributed by atoms with E-state index >= 15 is 0 Å². The van der Waals surface area contributed by atoms with Crippen molar-refractivity contribution < 1.29 is 0 Å². The monoisotopic (exact) mass is 233 g/mol. The van der Waals surface area contributed by atoms with Gasteiger partial charge in [0.15, 0.2) is 0 Å². The molecule has 1 aromatic rings. The number of hydrogen-bond donors (Lipinski definition) is 0. The molecule has 0 spiro atoms. The summed E-state index contributed by atoms with van der Waals surface area (Å²) in [6.07, 6.45) is 6.64. The summed E-state index contributed by atoms with van der Waals surface area (Å²) in [5, 5.41) is 10.5. The predicted molar refractivity (Wildman–Crippen MR) is 63.8 cm³/mol. The minimum Gasteiger partial charge on any atom is -0.245 e. The van der Waals surface area contributed by atoms with Gasteiger partial charge in [-0.3, -0.25) is 0 Å². The summed E-state index contributed by atoms with van der Waals surface area (Å²) in [6, 6.07) is 4.35. The smallest absolute Gasteiger partial charge is 0.116 e. The van der Waals surface area contributed by atoms with Gasteiger partial charge in [-0.2, -0.15) is 5.26 Å². The molecule has 3 atom stereocenters. The van der Waals surface area contributed by atoms with Crippen LogP contribution in [0.25, 0.3) is 0 Å².